The van der Waals surface area contributed by atoms with E-state index < -0.39 is 0 Å². The largest absolute Gasteiger partial charge is 0.323 e. The molecule has 2 aromatic rings. The highest BCUT2D eigenvalue weighted by molar-refractivity contribution is 5.29. The van der Waals surface area contributed by atoms with Gasteiger partial charge >= 0.3 is 0 Å². The molecule has 0 spiro atoms. The van der Waals surface area contributed by atoms with Gasteiger partial charge < -0.3 is 5.73 Å². The lowest BCUT2D eigenvalue weighted by Crippen LogP contribution is -2.32. The van der Waals surface area contributed by atoms with E-state index in [9.17, 15) is 0 Å². The van der Waals surface area contributed by atoms with Gasteiger partial charge in [0.2, 0.25) is 0 Å². The van der Waals surface area contributed by atoms with Crippen molar-refractivity contribution in [1.29, 1.82) is 0 Å². The van der Waals surface area contributed by atoms with E-state index in [1.54, 1.807) is 0 Å². The molecule has 2 rings (SSSR count). The minimum atomic E-state index is -0.108. The molecule has 1 aromatic carbocycles. The number of rotatable bonds is 4. The molecule has 1 aromatic heterocycles. The van der Waals surface area contributed by atoms with Gasteiger partial charge in [0, 0.05) is 29.8 Å². The molecule has 3 heteroatoms. The summed E-state index contributed by atoms with van der Waals surface area (Å²) in [6.07, 6.45) is 3.91. The highest BCUT2D eigenvalue weighted by Gasteiger charge is 2.30. The topological polar surface area (TPSA) is 43.8 Å². The lowest BCUT2D eigenvalue weighted by Gasteiger charge is -2.31. The molecular formula is C15H21N3. The van der Waals surface area contributed by atoms with Crippen LogP contribution in [0, 0.1) is 0 Å². The third-order valence-electron chi connectivity index (χ3n) is 3.63. The molecule has 1 unspecified atom stereocenters. The predicted molar refractivity (Wildman–Crippen MR) is 74.3 cm³/mol. The monoisotopic (exact) mass is 243 g/mol. The van der Waals surface area contributed by atoms with Gasteiger partial charge in [0.15, 0.2) is 0 Å². The van der Waals surface area contributed by atoms with Crippen LogP contribution < -0.4 is 5.73 Å². The van der Waals surface area contributed by atoms with Crippen LogP contribution in [0.2, 0.25) is 0 Å². The van der Waals surface area contributed by atoms with Crippen LogP contribution in [-0.4, -0.2) is 9.78 Å². The van der Waals surface area contributed by atoms with Crippen LogP contribution in [0.5, 0.6) is 0 Å². The molecule has 0 aliphatic rings. The molecule has 0 aliphatic carbocycles. The quantitative estimate of drug-likeness (QED) is 0.897. The van der Waals surface area contributed by atoms with Gasteiger partial charge in [-0.05, 0) is 12.5 Å². The molecule has 0 fully saturated rings. The van der Waals surface area contributed by atoms with Gasteiger partial charge in [0.05, 0.1) is 6.20 Å². The van der Waals surface area contributed by atoms with E-state index in [1.165, 1.54) is 5.56 Å². The maximum Gasteiger partial charge on any atom is 0.0537 e. The van der Waals surface area contributed by atoms with Gasteiger partial charge in [-0.1, -0.05) is 44.2 Å². The zero-order valence-corrected chi connectivity index (χ0v) is 11.3. The summed E-state index contributed by atoms with van der Waals surface area (Å²) in [5.74, 6) is 0. The molecule has 1 atom stereocenters. The Balaban J connectivity index is 2.29. The first-order valence-electron chi connectivity index (χ1n) is 6.39. The highest BCUT2D eigenvalue weighted by atomic mass is 15.3. The van der Waals surface area contributed by atoms with Crippen molar-refractivity contribution in [2.24, 2.45) is 5.73 Å². The number of nitrogens with two attached hydrogens (primary N) is 1. The lowest BCUT2D eigenvalue weighted by atomic mass is 9.76. The summed E-state index contributed by atoms with van der Waals surface area (Å²) < 4.78 is 1.91. The fraction of sp³-hybridized carbons (Fsp3) is 0.400. The Bertz CT molecular complexity index is 499. The van der Waals surface area contributed by atoms with Gasteiger partial charge in [0.25, 0.3) is 0 Å². The minimum Gasteiger partial charge on any atom is -0.323 e. The van der Waals surface area contributed by atoms with E-state index in [0.29, 0.717) is 0 Å². The summed E-state index contributed by atoms with van der Waals surface area (Å²) in [5.41, 5.74) is 8.65. The Labute approximate surface area is 109 Å². The van der Waals surface area contributed by atoms with E-state index >= 15 is 0 Å². The van der Waals surface area contributed by atoms with Gasteiger partial charge in [-0.25, -0.2) is 0 Å². The van der Waals surface area contributed by atoms with Gasteiger partial charge in [-0.2, -0.15) is 5.10 Å². The number of hydrogen-bond acceptors (Lipinski definition) is 2. The van der Waals surface area contributed by atoms with Crippen LogP contribution in [0.1, 0.15) is 37.9 Å². The van der Waals surface area contributed by atoms with E-state index in [0.717, 1.165) is 12.1 Å². The first-order chi connectivity index (χ1) is 8.55. The number of aryl methyl sites for hydroxylation is 1. The van der Waals surface area contributed by atoms with E-state index in [-0.39, 0.29) is 11.5 Å². The second kappa shape index (κ2) is 4.94. The first-order valence-corrected chi connectivity index (χ1v) is 6.39. The van der Waals surface area contributed by atoms with Crippen LogP contribution in [-0.2, 0) is 12.0 Å². The maximum absolute atomic E-state index is 6.42. The van der Waals surface area contributed by atoms with Gasteiger partial charge in [-0.15, -0.1) is 0 Å². The van der Waals surface area contributed by atoms with Crippen molar-refractivity contribution in [3.05, 3.63) is 53.9 Å². The molecular weight excluding hydrogens is 222 g/mol. The van der Waals surface area contributed by atoms with E-state index in [4.69, 9.17) is 5.73 Å². The fourth-order valence-electron chi connectivity index (χ4n) is 2.18. The summed E-state index contributed by atoms with van der Waals surface area (Å²) in [4.78, 5) is 0. The fourth-order valence-corrected chi connectivity index (χ4v) is 2.18. The molecule has 96 valence electrons. The number of aromatic nitrogens is 2. The van der Waals surface area contributed by atoms with Gasteiger partial charge in [-0.3, -0.25) is 4.68 Å². The van der Waals surface area contributed by atoms with Crippen molar-refractivity contribution in [1.82, 2.24) is 9.78 Å². The molecule has 0 amide bonds. The molecule has 2 N–H and O–H groups in total. The van der Waals surface area contributed by atoms with Crippen LogP contribution >= 0.6 is 0 Å². The number of hydrogen-bond donors (Lipinski definition) is 1. The second-order valence-electron chi connectivity index (χ2n) is 5.19. The second-order valence-corrected chi connectivity index (χ2v) is 5.19. The molecule has 3 nitrogen and oxygen atoms in total. The predicted octanol–water partition coefficient (Wildman–Crippen LogP) is 2.88. The molecule has 1 heterocycles. The average Bonchev–Trinajstić information content (AvgIpc) is 2.87. The first kappa shape index (κ1) is 12.8. The highest BCUT2D eigenvalue weighted by Crippen LogP contribution is 2.34. The van der Waals surface area contributed by atoms with Crippen molar-refractivity contribution >= 4 is 0 Å². The third kappa shape index (κ3) is 2.31. The Morgan fingerprint density at radius 3 is 2.50 bits per heavy atom. The van der Waals surface area contributed by atoms with E-state index in [2.05, 4.69) is 50.1 Å². The Morgan fingerprint density at radius 1 is 1.28 bits per heavy atom. The molecule has 0 saturated carbocycles. The number of nitrogens with zero attached hydrogens (tertiary/aromatic N) is 2. The third-order valence-corrected chi connectivity index (χ3v) is 3.63. The van der Waals surface area contributed by atoms with Crippen LogP contribution in [0.4, 0.5) is 0 Å². The smallest absolute Gasteiger partial charge is 0.0537 e. The SMILES string of the molecule is CCn1cc(C(N)C(C)(C)c2ccccc2)cn1. The zero-order valence-electron chi connectivity index (χ0n) is 11.3. The van der Waals surface area contributed by atoms with Crippen molar-refractivity contribution in [2.75, 3.05) is 0 Å². The average molecular weight is 243 g/mol. The lowest BCUT2D eigenvalue weighted by molar-refractivity contribution is 0.420. The molecule has 0 aliphatic heterocycles. The van der Waals surface area contributed by atoms with Crippen LogP contribution in [0.3, 0.4) is 0 Å². The summed E-state index contributed by atoms with van der Waals surface area (Å²) in [5, 5.41) is 4.30. The Kier molecular flexibility index (Phi) is 3.53. The maximum atomic E-state index is 6.42. The molecule has 0 radical (unpaired) electrons. The van der Waals surface area contributed by atoms with Crippen molar-refractivity contribution in [3.8, 4) is 0 Å². The molecule has 0 saturated heterocycles. The minimum absolute atomic E-state index is 0.0554. The Hall–Kier alpha value is -1.61. The van der Waals surface area contributed by atoms with Crippen molar-refractivity contribution < 1.29 is 0 Å². The molecule has 0 bridgehead atoms. The number of benzene rings is 1. The normalized spacial score (nSPS) is 13.6. The summed E-state index contributed by atoms with van der Waals surface area (Å²) in [7, 11) is 0. The van der Waals surface area contributed by atoms with Crippen LogP contribution in [0.15, 0.2) is 42.7 Å². The van der Waals surface area contributed by atoms with Crippen molar-refractivity contribution in [3.63, 3.8) is 0 Å². The summed E-state index contributed by atoms with van der Waals surface area (Å²) in [6.45, 7) is 7.30. The van der Waals surface area contributed by atoms with Crippen LogP contribution in [0.25, 0.3) is 0 Å². The zero-order chi connectivity index (χ0) is 13.2. The summed E-state index contributed by atoms with van der Waals surface area (Å²) >= 11 is 0. The Morgan fingerprint density at radius 2 is 1.94 bits per heavy atom. The molecule has 18 heavy (non-hydrogen) atoms. The van der Waals surface area contributed by atoms with E-state index in [1.807, 2.05) is 23.1 Å². The standard InChI is InChI=1S/C15H21N3/c1-4-18-11-12(10-17-18)14(16)15(2,3)13-8-6-5-7-9-13/h5-11,14H,4,16H2,1-3H3. The summed E-state index contributed by atoms with van der Waals surface area (Å²) in [6, 6.07) is 10.3. The van der Waals surface area contributed by atoms with Gasteiger partial charge in [0.1, 0.15) is 0 Å². The van der Waals surface area contributed by atoms with Crippen molar-refractivity contribution in [2.45, 2.75) is 38.8 Å².